The fourth-order valence-corrected chi connectivity index (χ4v) is 4.52. The number of hydrogen-bond acceptors (Lipinski definition) is 5. The van der Waals surface area contributed by atoms with E-state index >= 15 is 0 Å². The van der Waals surface area contributed by atoms with Gasteiger partial charge in [-0.25, -0.2) is 0 Å². The Kier molecular flexibility index (Phi) is 5.97. The van der Waals surface area contributed by atoms with E-state index in [0.29, 0.717) is 21.9 Å². The zero-order valence-corrected chi connectivity index (χ0v) is 18.3. The summed E-state index contributed by atoms with van der Waals surface area (Å²) in [4.78, 5) is 23.1. The minimum absolute atomic E-state index is 0.212. The van der Waals surface area contributed by atoms with Gasteiger partial charge < -0.3 is 11.1 Å². The van der Waals surface area contributed by atoms with E-state index < -0.39 is 12.0 Å². The maximum atomic E-state index is 13.5. The molecule has 2 atom stereocenters. The number of para-hydroxylation sites is 1. The Morgan fingerprint density at radius 3 is 2.71 bits per heavy atom. The van der Waals surface area contributed by atoms with Crippen LogP contribution >= 0.6 is 22.9 Å². The number of fused-ring (bicyclic) bond motifs is 1. The topological polar surface area (TPSA) is 97.1 Å². The van der Waals surface area contributed by atoms with Gasteiger partial charge in [0.25, 0.3) is 5.56 Å². The maximum absolute atomic E-state index is 13.5. The summed E-state index contributed by atoms with van der Waals surface area (Å²) in [6.07, 6.45) is 2.94. The Balaban J connectivity index is 1.90. The molecule has 0 saturated heterocycles. The van der Waals surface area contributed by atoms with E-state index in [1.54, 1.807) is 22.3 Å². The Morgan fingerprint density at radius 2 is 2.03 bits per heavy atom. The van der Waals surface area contributed by atoms with Crippen LogP contribution in [0.15, 0.2) is 76.1 Å². The molecule has 4 rings (SSSR count). The number of hydrogen-bond donors (Lipinski definition) is 2. The van der Waals surface area contributed by atoms with E-state index in [2.05, 4.69) is 9.98 Å². The summed E-state index contributed by atoms with van der Waals surface area (Å²) in [6, 6.07) is 16.2. The minimum Gasteiger partial charge on any atom is -0.387 e. The predicted octanol–water partition coefficient (Wildman–Crippen LogP) is 4.95. The van der Waals surface area contributed by atoms with E-state index in [0.717, 1.165) is 16.0 Å². The van der Waals surface area contributed by atoms with Crippen molar-refractivity contribution in [2.75, 3.05) is 0 Å². The van der Waals surface area contributed by atoms with Crippen molar-refractivity contribution in [1.82, 2.24) is 9.55 Å². The quantitative estimate of drug-likeness (QED) is 0.322. The standard InChI is InChI=1S/C23H20ClN5OS/c1-14(28-22(26)17(11-25)20-12-27-13-31-20)19-10-15-6-5-9-18(24)21(15)23(30)29(19)16-7-3-2-4-8-16/h2-14,17,25H,1H3,(H2,26,28). The van der Waals surface area contributed by atoms with Crippen molar-refractivity contribution in [2.24, 2.45) is 10.7 Å². The first kappa shape index (κ1) is 21.0. The average Bonchev–Trinajstić information content (AvgIpc) is 3.29. The second-order valence-corrected chi connectivity index (χ2v) is 8.35. The zero-order chi connectivity index (χ0) is 22.0. The number of aliphatic imine (C=N–C) groups is 1. The fourth-order valence-electron chi connectivity index (χ4n) is 3.55. The lowest BCUT2D eigenvalue weighted by atomic mass is 10.1. The van der Waals surface area contributed by atoms with Crippen LogP contribution in [0.5, 0.6) is 0 Å². The number of aromatic nitrogens is 2. The highest BCUT2D eigenvalue weighted by Gasteiger charge is 2.20. The summed E-state index contributed by atoms with van der Waals surface area (Å²) in [5.74, 6) is -0.160. The molecule has 3 N–H and O–H groups in total. The number of pyridine rings is 1. The normalized spacial score (nSPS) is 13.8. The predicted molar refractivity (Wildman–Crippen MR) is 128 cm³/mol. The van der Waals surface area contributed by atoms with Crippen LogP contribution in [0.1, 0.15) is 29.5 Å². The molecule has 2 unspecified atom stereocenters. The lowest BCUT2D eigenvalue weighted by molar-refractivity contribution is 0.732. The molecule has 2 heterocycles. The molecule has 31 heavy (non-hydrogen) atoms. The van der Waals surface area contributed by atoms with Crippen molar-refractivity contribution in [3.8, 4) is 5.69 Å². The number of thiazole rings is 1. The van der Waals surface area contributed by atoms with Gasteiger partial charge >= 0.3 is 0 Å². The molecule has 0 saturated carbocycles. The van der Waals surface area contributed by atoms with Crippen LogP contribution in [0.2, 0.25) is 5.02 Å². The number of nitrogens with zero attached hydrogens (tertiary/aromatic N) is 3. The summed E-state index contributed by atoms with van der Waals surface area (Å²) in [5, 5.41) is 9.39. The Bertz CT molecular complexity index is 1320. The van der Waals surface area contributed by atoms with Gasteiger partial charge in [-0.2, -0.15) is 0 Å². The molecular formula is C23H20ClN5OS. The molecular weight excluding hydrogens is 430 g/mol. The first-order chi connectivity index (χ1) is 15.0. The molecule has 0 aliphatic heterocycles. The number of benzene rings is 2. The molecule has 0 spiro atoms. The molecule has 0 radical (unpaired) electrons. The summed E-state index contributed by atoms with van der Waals surface area (Å²) in [6.45, 7) is 1.88. The van der Waals surface area contributed by atoms with E-state index in [1.807, 2.05) is 55.5 Å². The molecule has 6 nitrogen and oxygen atoms in total. The second kappa shape index (κ2) is 8.83. The average molecular weight is 450 g/mol. The van der Waals surface area contributed by atoms with Crippen LogP contribution in [0, 0.1) is 5.41 Å². The third kappa shape index (κ3) is 4.02. The van der Waals surface area contributed by atoms with Crippen molar-refractivity contribution >= 4 is 45.8 Å². The van der Waals surface area contributed by atoms with Crippen LogP contribution in [0.25, 0.3) is 16.5 Å². The van der Waals surface area contributed by atoms with E-state index in [1.165, 1.54) is 17.6 Å². The van der Waals surface area contributed by atoms with Crippen molar-refractivity contribution in [1.29, 1.82) is 5.41 Å². The van der Waals surface area contributed by atoms with Crippen LogP contribution < -0.4 is 11.3 Å². The lowest BCUT2D eigenvalue weighted by Crippen LogP contribution is -2.26. The van der Waals surface area contributed by atoms with Gasteiger partial charge in [-0.3, -0.25) is 19.3 Å². The van der Waals surface area contributed by atoms with Crippen LogP contribution in [-0.4, -0.2) is 21.6 Å². The third-order valence-corrected chi connectivity index (χ3v) is 6.23. The summed E-state index contributed by atoms with van der Waals surface area (Å²) in [5.41, 5.74) is 9.18. The number of rotatable bonds is 6. The molecule has 4 aromatic rings. The van der Waals surface area contributed by atoms with Gasteiger partial charge in [0, 0.05) is 23.0 Å². The molecule has 0 amide bonds. The highest BCUT2D eigenvalue weighted by molar-refractivity contribution is 7.10. The van der Waals surface area contributed by atoms with E-state index in [9.17, 15) is 4.79 Å². The first-order valence-corrected chi connectivity index (χ1v) is 10.9. The summed E-state index contributed by atoms with van der Waals surface area (Å²) < 4.78 is 1.63. The molecule has 0 fully saturated rings. The number of amidine groups is 1. The molecule has 2 aromatic heterocycles. The van der Waals surface area contributed by atoms with Crippen LogP contribution in [0.4, 0.5) is 0 Å². The highest BCUT2D eigenvalue weighted by Crippen LogP contribution is 2.28. The van der Waals surface area contributed by atoms with E-state index in [4.69, 9.17) is 22.7 Å². The highest BCUT2D eigenvalue weighted by atomic mass is 35.5. The van der Waals surface area contributed by atoms with Crippen molar-refractivity contribution in [3.05, 3.63) is 92.3 Å². The number of nitrogens with two attached hydrogens (primary N) is 1. The summed E-state index contributed by atoms with van der Waals surface area (Å²) in [7, 11) is 0. The second-order valence-electron chi connectivity index (χ2n) is 7.03. The number of nitrogens with one attached hydrogen (secondary N) is 1. The Morgan fingerprint density at radius 1 is 1.26 bits per heavy atom. The molecule has 0 aliphatic carbocycles. The van der Waals surface area contributed by atoms with Gasteiger partial charge in [0.05, 0.1) is 33.6 Å². The molecule has 0 aliphatic rings. The van der Waals surface area contributed by atoms with Gasteiger partial charge in [-0.1, -0.05) is 41.9 Å². The van der Waals surface area contributed by atoms with Gasteiger partial charge in [-0.15, -0.1) is 11.3 Å². The van der Waals surface area contributed by atoms with Gasteiger partial charge in [0.1, 0.15) is 5.84 Å². The fraction of sp³-hybridized carbons (Fsp3) is 0.130. The van der Waals surface area contributed by atoms with E-state index in [-0.39, 0.29) is 5.56 Å². The summed E-state index contributed by atoms with van der Waals surface area (Å²) >= 11 is 7.78. The molecule has 0 bridgehead atoms. The van der Waals surface area contributed by atoms with Crippen molar-refractivity contribution in [3.63, 3.8) is 0 Å². The monoisotopic (exact) mass is 449 g/mol. The van der Waals surface area contributed by atoms with Gasteiger partial charge in [0.2, 0.25) is 0 Å². The minimum atomic E-state index is -0.457. The largest absolute Gasteiger partial charge is 0.387 e. The lowest BCUT2D eigenvalue weighted by Gasteiger charge is -2.19. The van der Waals surface area contributed by atoms with Crippen LogP contribution in [-0.2, 0) is 0 Å². The molecule has 2 aromatic carbocycles. The van der Waals surface area contributed by atoms with Crippen molar-refractivity contribution < 1.29 is 0 Å². The molecule has 8 heteroatoms. The van der Waals surface area contributed by atoms with Crippen LogP contribution in [0.3, 0.4) is 0 Å². The first-order valence-electron chi connectivity index (χ1n) is 9.63. The number of halogens is 1. The van der Waals surface area contributed by atoms with Crippen molar-refractivity contribution in [2.45, 2.75) is 18.9 Å². The van der Waals surface area contributed by atoms with Gasteiger partial charge in [0.15, 0.2) is 0 Å². The third-order valence-electron chi connectivity index (χ3n) is 5.05. The zero-order valence-electron chi connectivity index (χ0n) is 16.7. The maximum Gasteiger partial charge on any atom is 0.264 e. The van der Waals surface area contributed by atoms with Gasteiger partial charge in [-0.05, 0) is 36.6 Å². The Labute approximate surface area is 188 Å². The molecule has 156 valence electrons. The SMILES string of the molecule is CC(N=C(N)C(C=N)c1cncs1)c1cc2cccc(Cl)c2c(=O)n1-c1ccccc1. The smallest absolute Gasteiger partial charge is 0.264 e. The Hall–Kier alpha value is -3.29.